The van der Waals surface area contributed by atoms with Crippen LogP contribution in [0.15, 0.2) is 96.6 Å². The van der Waals surface area contributed by atoms with Crippen LogP contribution in [0.3, 0.4) is 0 Å². The van der Waals surface area contributed by atoms with Crippen molar-refractivity contribution in [1.82, 2.24) is 0 Å². The SMILES string of the molecule is Cc1ccc(N2C(=O)[C@@H]3[C@@H](C2=O)[C@H]2C=C[C@H]3C2=C(c2ccccc2)c2ccccc2)c(C)c1. The fourth-order valence-electron chi connectivity index (χ4n) is 6.10. The first-order valence-electron chi connectivity index (χ1n) is 11.5. The molecule has 3 aromatic rings. The highest BCUT2D eigenvalue weighted by Crippen LogP contribution is 2.59. The van der Waals surface area contributed by atoms with Crippen LogP contribution in [0, 0.1) is 37.5 Å². The molecular formula is C30H25NO2. The lowest BCUT2D eigenvalue weighted by Crippen LogP contribution is -2.33. The topological polar surface area (TPSA) is 37.4 Å². The number of amides is 2. The number of benzene rings is 3. The van der Waals surface area contributed by atoms with Gasteiger partial charge in [0.2, 0.25) is 11.8 Å². The predicted molar refractivity (Wildman–Crippen MR) is 130 cm³/mol. The van der Waals surface area contributed by atoms with E-state index >= 15 is 0 Å². The van der Waals surface area contributed by atoms with E-state index in [2.05, 4.69) is 36.4 Å². The average molecular weight is 432 g/mol. The van der Waals surface area contributed by atoms with Gasteiger partial charge in [-0.05, 0) is 47.8 Å². The van der Waals surface area contributed by atoms with E-state index in [0.717, 1.165) is 33.5 Å². The third kappa shape index (κ3) is 2.88. The molecule has 0 N–H and O–H groups in total. The lowest BCUT2D eigenvalue weighted by molar-refractivity contribution is -0.122. The molecule has 0 spiro atoms. The maximum absolute atomic E-state index is 13.7. The van der Waals surface area contributed by atoms with Gasteiger partial charge in [-0.1, -0.05) is 90.5 Å². The second-order valence-electron chi connectivity index (χ2n) is 9.35. The first kappa shape index (κ1) is 19.9. The molecule has 1 heterocycles. The van der Waals surface area contributed by atoms with Crippen molar-refractivity contribution in [2.75, 3.05) is 4.90 Å². The van der Waals surface area contributed by atoms with E-state index < -0.39 is 0 Å². The molecule has 3 heteroatoms. The summed E-state index contributed by atoms with van der Waals surface area (Å²) in [5.74, 6) is -0.889. The van der Waals surface area contributed by atoms with Crippen LogP contribution in [0.5, 0.6) is 0 Å². The van der Waals surface area contributed by atoms with Crippen molar-refractivity contribution in [2.24, 2.45) is 23.7 Å². The molecule has 2 amide bonds. The van der Waals surface area contributed by atoms with Gasteiger partial charge in [0.25, 0.3) is 0 Å². The van der Waals surface area contributed by atoms with Crippen molar-refractivity contribution in [3.8, 4) is 0 Å². The third-order valence-corrected chi connectivity index (χ3v) is 7.42. The Morgan fingerprint density at radius 2 is 1.21 bits per heavy atom. The number of imide groups is 1. The first-order chi connectivity index (χ1) is 16.1. The minimum absolute atomic E-state index is 0.0531. The summed E-state index contributed by atoms with van der Waals surface area (Å²) in [6.45, 7) is 3.99. The quantitative estimate of drug-likeness (QED) is 0.392. The van der Waals surface area contributed by atoms with Gasteiger partial charge in [-0.25, -0.2) is 4.90 Å². The lowest BCUT2D eigenvalue weighted by Gasteiger charge is -2.22. The fourth-order valence-corrected chi connectivity index (χ4v) is 6.10. The molecule has 162 valence electrons. The number of anilines is 1. The number of hydrogen-bond acceptors (Lipinski definition) is 2. The van der Waals surface area contributed by atoms with Gasteiger partial charge in [-0.2, -0.15) is 0 Å². The monoisotopic (exact) mass is 431 g/mol. The molecule has 3 aliphatic rings. The molecule has 0 unspecified atom stereocenters. The zero-order chi connectivity index (χ0) is 22.7. The number of carbonyl (C=O) groups excluding carboxylic acids is 2. The summed E-state index contributed by atoms with van der Waals surface area (Å²) in [5.41, 5.74) is 7.43. The van der Waals surface area contributed by atoms with Crippen LogP contribution in [-0.4, -0.2) is 11.8 Å². The Labute approximate surface area is 194 Å². The molecule has 3 aromatic carbocycles. The Bertz CT molecular complexity index is 1260. The second kappa shape index (κ2) is 7.41. The van der Waals surface area contributed by atoms with Crippen LogP contribution in [0.4, 0.5) is 5.69 Å². The molecule has 1 aliphatic heterocycles. The van der Waals surface area contributed by atoms with Gasteiger partial charge in [0.05, 0.1) is 17.5 Å². The highest BCUT2D eigenvalue weighted by molar-refractivity contribution is 6.23. The van der Waals surface area contributed by atoms with Crippen LogP contribution in [-0.2, 0) is 9.59 Å². The van der Waals surface area contributed by atoms with E-state index in [1.165, 1.54) is 10.5 Å². The predicted octanol–water partition coefficient (Wildman–Crippen LogP) is 5.73. The van der Waals surface area contributed by atoms with Crippen molar-refractivity contribution in [3.05, 3.63) is 119 Å². The van der Waals surface area contributed by atoms with Gasteiger partial charge in [-0.15, -0.1) is 0 Å². The standard InChI is InChI=1S/C30H25NO2/c1-18-13-16-24(19(2)17-18)31-29(32)27-22-14-15-23(28(27)30(31)33)26(22)25(20-9-5-3-6-10-20)21-11-7-4-8-12-21/h3-17,22-23,27-28H,1-2H3/t22-,23-,27-,28-/m0/s1. The van der Waals surface area contributed by atoms with E-state index in [4.69, 9.17) is 0 Å². The molecule has 1 saturated heterocycles. The Hall–Kier alpha value is -3.72. The van der Waals surface area contributed by atoms with E-state index in [9.17, 15) is 9.59 Å². The van der Waals surface area contributed by atoms with E-state index in [0.29, 0.717) is 0 Å². The van der Waals surface area contributed by atoms with Crippen molar-refractivity contribution in [2.45, 2.75) is 13.8 Å². The summed E-state index contributed by atoms with van der Waals surface area (Å²) >= 11 is 0. The van der Waals surface area contributed by atoms with Gasteiger partial charge in [0, 0.05) is 11.8 Å². The van der Waals surface area contributed by atoms with Crippen LogP contribution in [0.25, 0.3) is 5.57 Å². The molecule has 3 nitrogen and oxygen atoms in total. The summed E-state index contributed by atoms with van der Waals surface area (Å²) in [5, 5.41) is 0. The van der Waals surface area contributed by atoms with Gasteiger partial charge in [-0.3, -0.25) is 9.59 Å². The molecule has 2 fully saturated rings. The molecule has 2 aliphatic carbocycles. The molecule has 6 rings (SSSR count). The first-order valence-corrected chi connectivity index (χ1v) is 11.5. The van der Waals surface area contributed by atoms with Crippen LogP contribution < -0.4 is 4.90 Å². The summed E-state index contributed by atoms with van der Waals surface area (Å²) in [6, 6.07) is 26.6. The van der Waals surface area contributed by atoms with E-state index in [-0.39, 0.29) is 35.5 Å². The summed E-state index contributed by atoms with van der Waals surface area (Å²) in [7, 11) is 0. The Kier molecular flexibility index (Phi) is 4.48. The molecule has 2 bridgehead atoms. The van der Waals surface area contributed by atoms with Crippen LogP contribution >= 0.6 is 0 Å². The molecule has 0 aromatic heterocycles. The van der Waals surface area contributed by atoms with Crippen molar-refractivity contribution < 1.29 is 9.59 Å². The molecule has 4 atom stereocenters. The van der Waals surface area contributed by atoms with Crippen molar-refractivity contribution in [3.63, 3.8) is 0 Å². The highest BCUT2D eigenvalue weighted by atomic mass is 16.2. The number of rotatable bonds is 3. The molecule has 33 heavy (non-hydrogen) atoms. The van der Waals surface area contributed by atoms with Gasteiger partial charge >= 0.3 is 0 Å². The zero-order valence-electron chi connectivity index (χ0n) is 18.7. The number of hydrogen-bond donors (Lipinski definition) is 0. The number of fused-ring (bicyclic) bond motifs is 5. The maximum Gasteiger partial charge on any atom is 0.238 e. The van der Waals surface area contributed by atoms with Crippen LogP contribution in [0.1, 0.15) is 22.3 Å². The summed E-state index contributed by atoms with van der Waals surface area (Å²) < 4.78 is 0. The molecule has 1 saturated carbocycles. The van der Waals surface area contributed by atoms with Gasteiger partial charge in [0.15, 0.2) is 0 Å². The zero-order valence-corrected chi connectivity index (χ0v) is 18.7. The van der Waals surface area contributed by atoms with Crippen molar-refractivity contribution in [1.29, 1.82) is 0 Å². The highest BCUT2D eigenvalue weighted by Gasteiger charge is 2.62. The van der Waals surface area contributed by atoms with Gasteiger partial charge in [0.1, 0.15) is 0 Å². The van der Waals surface area contributed by atoms with E-state index in [1.54, 1.807) is 0 Å². The Morgan fingerprint density at radius 3 is 1.70 bits per heavy atom. The largest absolute Gasteiger partial charge is 0.274 e. The van der Waals surface area contributed by atoms with Gasteiger partial charge < -0.3 is 0 Å². The lowest BCUT2D eigenvalue weighted by atomic mass is 9.85. The van der Waals surface area contributed by atoms with Crippen molar-refractivity contribution >= 4 is 23.1 Å². The Morgan fingerprint density at radius 1 is 0.697 bits per heavy atom. The third-order valence-electron chi connectivity index (χ3n) is 7.42. The number of aryl methyl sites for hydroxylation is 2. The number of allylic oxidation sites excluding steroid dienone is 3. The number of carbonyl (C=O) groups is 2. The molecule has 0 radical (unpaired) electrons. The second-order valence-corrected chi connectivity index (χ2v) is 9.35. The molecular weight excluding hydrogens is 406 g/mol. The number of nitrogens with zero attached hydrogens (tertiary/aromatic N) is 1. The summed E-state index contributed by atoms with van der Waals surface area (Å²) in [6.07, 6.45) is 4.31. The maximum atomic E-state index is 13.7. The van der Waals surface area contributed by atoms with Crippen LogP contribution in [0.2, 0.25) is 0 Å². The smallest absolute Gasteiger partial charge is 0.238 e. The average Bonchev–Trinajstić information content (AvgIpc) is 3.46. The normalized spacial score (nSPS) is 25.2. The fraction of sp³-hybridized carbons (Fsp3) is 0.200. The Balaban J connectivity index is 1.49. The minimum atomic E-state index is -0.328. The van der Waals surface area contributed by atoms with E-state index in [1.807, 2.05) is 68.4 Å². The minimum Gasteiger partial charge on any atom is -0.274 e. The summed E-state index contributed by atoms with van der Waals surface area (Å²) in [4.78, 5) is 28.9.